The number of carbonyl (C=O) groups excluding carboxylic acids is 1. The number of halogens is 1. The number of hydrogen-bond donors (Lipinski definition) is 1. The topological polar surface area (TPSA) is 34.0 Å². The van der Waals surface area contributed by atoms with E-state index in [9.17, 15) is 4.79 Å². The van der Waals surface area contributed by atoms with E-state index >= 15 is 0 Å². The predicted molar refractivity (Wildman–Crippen MR) is 65.6 cm³/mol. The van der Waals surface area contributed by atoms with Gasteiger partial charge in [-0.2, -0.15) is 0 Å². The van der Waals surface area contributed by atoms with Gasteiger partial charge in [0, 0.05) is 28.7 Å². The first-order chi connectivity index (χ1) is 7.72. The molecule has 4 heteroatoms. The van der Waals surface area contributed by atoms with Crippen molar-refractivity contribution >= 4 is 28.4 Å². The van der Waals surface area contributed by atoms with Crippen LogP contribution in [0.15, 0.2) is 30.5 Å². The number of aromatic nitrogens is 1. The van der Waals surface area contributed by atoms with Gasteiger partial charge in [-0.1, -0.05) is 17.7 Å². The fourth-order valence-electron chi connectivity index (χ4n) is 1.73. The summed E-state index contributed by atoms with van der Waals surface area (Å²) in [5, 5.41) is 4.47. The molecule has 0 aliphatic heterocycles. The quantitative estimate of drug-likeness (QED) is 0.873. The molecule has 1 N–H and O–H groups in total. The van der Waals surface area contributed by atoms with Crippen LogP contribution in [0.2, 0.25) is 5.02 Å². The molecule has 0 saturated heterocycles. The highest BCUT2D eigenvalue weighted by Crippen LogP contribution is 2.23. The number of hydrogen-bond acceptors (Lipinski definition) is 1. The Morgan fingerprint density at radius 2 is 2.25 bits per heavy atom. The largest absolute Gasteiger partial charge is 0.355 e. The van der Waals surface area contributed by atoms with E-state index in [-0.39, 0.29) is 5.91 Å². The molecule has 0 aliphatic rings. The number of likely N-dealkylation sites (N-methyl/N-ethyl adjacent to an activating group) is 1. The van der Waals surface area contributed by atoms with E-state index in [1.807, 2.05) is 42.0 Å². The Morgan fingerprint density at radius 3 is 3.00 bits per heavy atom. The maximum absolute atomic E-state index is 11.5. The molecule has 2 aromatic rings. The minimum Gasteiger partial charge on any atom is -0.355 e. The Morgan fingerprint density at radius 1 is 1.44 bits per heavy atom. The third-order valence-electron chi connectivity index (χ3n) is 2.45. The Labute approximate surface area is 99.0 Å². The van der Waals surface area contributed by atoms with Gasteiger partial charge in [-0.25, -0.2) is 0 Å². The number of benzene rings is 1. The van der Waals surface area contributed by atoms with Gasteiger partial charge < -0.3 is 9.88 Å². The normalized spacial score (nSPS) is 10.6. The van der Waals surface area contributed by atoms with E-state index < -0.39 is 0 Å². The molecule has 0 fully saturated rings. The molecular weight excluding hydrogens is 224 g/mol. The molecule has 1 aromatic heterocycles. The minimum atomic E-state index is 0.0139. The van der Waals surface area contributed by atoms with Gasteiger partial charge in [-0.15, -0.1) is 0 Å². The summed E-state index contributed by atoms with van der Waals surface area (Å²) in [6.07, 6.45) is 1.88. The van der Waals surface area contributed by atoms with Crippen LogP contribution in [0.5, 0.6) is 0 Å². The van der Waals surface area contributed by atoms with Crippen molar-refractivity contribution in [2.24, 2.45) is 0 Å². The summed E-state index contributed by atoms with van der Waals surface area (Å²) in [6.45, 7) is 2.89. The van der Waals surface area contributed by atoms with Crippen LogP contribution in [0.25, 0.3) is 10.9 Å². The molecule has 0 atom stereocenters. The average Bonchev–Trinajstić information content (AvgIpc) is 2.64. The van der Waals surface area contributed by atoms with Gasteiger partial charge in [-0.3, -0.25) is 4.79 Å². The highest BCUT2D eigenvalue weighted by molar-refractivity contribution is 6.35. The van der Waals surface area contributed by atoms with E-state index in [1.54, 1.807) is 0 Å². The van der Waals surface area contributed by atoms with Crippen LogP contribution in [-0.4, -0.2) is 17.0 Å². The molecule has 0 radical (unpaired) electrons. The lowest BCUT2D eigenvalue weighted by atomic mass is 10.2. The molecule has 16 heavy (non-hydrogen) atoms. The second-order valence-electron chi connectivity index (χ2n) is 3.57. The second kappa shape index (κ2) is 4.58. The summed E-state index contributed by atoms with van der Waals surface area (Å²) in [6, 6.07) is 7.62. The SMILES string of the molecule is CCNC(=O)Cn1ccc2c(Cl)cccc21. The molecule has 0 aliphatic carbocycles. The van der Waals surface area contributed by atoms with Gasteiger partial charge in [0.15, 0.2) is 0 Å². The van der Waals surface area contributed by atoms with Crippen molar-refractivity contribution in [3.05, 3.63) is 35.5 Å². The van der Waals surface area contributed by atoms with E-state index in [1.165, 1.54) is 0 Å². The molecule has 2 rings (SSSR count). The van der Waals surface area contributed by atoms with Crippen molar-refractivity contribution in [2.75, 3.05) is 6.54 Å². The lowest BCUT2D eigenvalue weighted by Gasteiger charge is -2.05. The van der Waals surface area contributed by atoms with Gasteiger partial charge >= 0.3 is 0 Å². The Bertz CT molecular complexity index is 519. The summed E-state index contributed by atoms with van der Waals surface area (Å²) < 4.78 is 1.90. The molecule has 3 nitrogen and oxygen atoms in total. The van der Waals surface area contributed by atoms with E-state index in [0.717, 1.165) is 10.9 Å². The number of fused-ring (bicyclic) bond motifs is 1. The number of amides is 1. The van der Waals surface area contributed by atoms with Crippen LogP contribution in [0.4, 0.5) is 0 Å². The molecule has 1 amide bonds. The molecule has 0 spiro atoms. The molecule has 0 unspecified atom stereocenters. The summed E-state index contributed by atoms with van der Waals surface area (Å²) >= 11 is 6.05. The fourth-order valence-corrected chi connectivity index (χ4v) is 1.96. The van der Waals surface area contributed by atoms with Gasteiger partial charge in [0.25, 0.3) is 0 Å². The highest BCUT2D eigenvalue weighted by Gasteiger charge is 2.06. The molecule has 1 heterocycles. The van der Waals surface area contributed by atoms with Crippen LogP contribution >= 0.6 is 11.6 Å². The predicted octanol–water partition coefficient (Wildman–Crippen LogP) is 2.43. The first kappa shape index (κ1) is 11.0. The van der Waals surface area contributed by atoms with Crippen molar-refractivity contribution in [2.45, 2.75) is 13.5 Å². The van der Waals surface area contributed by atoms with Crippen molar-refractivity contribution in [1.82, 2.24) is 9.88 Å². The number of nitrogens with zero attached hydrogens (tertiary/aromatic N) is 1. The van der Waals surface area contributed by atoms with Crippen LogP contribution < -0.4 is 5.32 Å². The summed E-state index contributed by atoms with van der Waals surface area (Å²) in [4.78, 5) is 11.5. The van der Waals surface area contributed by atoms with Crippen LogP contribution in [-0.2, 0) is 11.3 Å². The maximum Gasteiger partial charge on any atom is 0.239 e. The lowest BCUT2D eigenvalue weighted by molar-refractivity contribution is -0.121. The van der Waals surface area contributed by atoms with E-state index in [4.69, 9.17) is 11.6 Å². The zero-order valence-electron chi connectivity index (χ0n) is 9.03. The van der Waals surface area contributed by atoms with Crippen molar-refractivity contribution < 1.29 is 4.79 Å². The van der Waals surface area contributed by atoms with E-state index in [0.29, 0.717) is 18.1 Å². The second-order valence-corrected chi connectivity index (χ2v) is 3.98. The van der Waals surface area contributed by atoms with Crippen molar-refractivity contribution in [1.29, 1.82) is 0 Å². The van der Waals surface area contributed by atoms with Gasteiger partial charge in [0.05, 0.1) is 0 Å². The van der Waals surface area contributed by atoms with Gasteiger partial charge in [-0.05, 0) is 25.1 Å². The molecule has 0 bridgehead atoms. The monoisotopic (exact) mass is 236 g/mol. The van der Waals surface area contributed by atoms with E-state index in [2.05, 4.69) is 5.32 Å². The van der Waals surface area contributed by atoms with Crippen LogP contribution in [0, 0.1) is 0 Å². The lowest BCUT2D eigenvalue weighted by Crippen LogP contribution is -2.26. The first-order valence-electron chi connectivity index (χ1n) is 5.22. The summed E-state index contributed by atoms with van der Waals surface area (Å²) in [5.74, 6) is 0.0139. The molecule has 0 saturated carbocycles. The van der Waals surface area contributed by atoms with Crippen LogP contribution in [0.3, 0.4) is 0 Å². The third kappa shape index (κ3) is 2.04. The number of rotatable bonds is 3. The Kier molecular flexibility index (Phi) is 3.15. The zero-order chi connectivity index (χ0) is 11.5. The van der Waals surface area contributed by atoms with Crippen molar-refractivity contribution in [3.63, 3.8) is 0 Å². The molecule has 1 aromatic carbocycles. The smallest absolute Gasteiger partial charge is 0.239 e. The number of nitrogens with one attached hydrogen (secondary N) is 1. The van der Waals surface area contributed by atoms with Crippen LogP contribution in [0.1, 0.15) is 6.92 Å². The average molecular weight is 237 g/mol. The Hall–Kier alpha value is -1.48. The van der Waals surface area contributed by atoms with Crippen molar-refractivity contribution in [3.8, 4) is 0 Å². The fraction of sp³-hybridized carbons (Fsp3) is 0.250. The first-order valence-corrected chi connectivity index (χ1v) is 5.60. The molecular formula is C12H13ClN2O. The van der Waals surface area contributed by atoms with Gasteiger partial charge in [0.1, 0.15) is 6.54 Å². The minimum absolute atomic E-state index is 0.0139. The molecule has 84 valence electrons. The zero-order valence-corrected chi connectivity index (χ0v) is 9.79. The standard InChI is InChI=1S/C12H13ClN2O/c1-2-14-12(16)8-15-7-6-9-10(13)4-3-5-11(9)15/h3-7H,2,8H2,1H3,(H,14,16). The maximum atomic E-state index is 11.5. The van der Waals surface area contributed by atoms with Gasteiger partial charge in [0.2, 0.25) is 5.91 Å². The highest BCUT2D eigenvalue weighted by atomic mass is 35.5. The summed E-state index contributed by atoms with van der Waals surface area (Å²) in [7, 11) is 0. The Balaban J connectivity index is 2.32. The number of carbonyl (C=O) groups is 1. The third-order valence-corrected chi connectivity index (χ3v) is 2.78. The summed E-state index contributed by atoms with van der Waals surface area (Å²) in [5.41, 5.74) is 0.985.